The first-order chi connectivity index (χ1) is 15.1. The van der Waals surface area contributed by atoms with Gasteiger partial charge in [-0.25, -0.2) is 18.5 Å². The number of primary sulfonamides is 1. The van der Waals surface area contributed by atoms with Crippen LogP contribution in [0.15, 0.2) is 41.3 Å². The van der Waals surface area contributed by atoms with E-state index in [1.165, 1.54) is 12.1 Å². The fraction of sp³-hybridized carbons (Fsp3) is 0.364. The Morgan fingerprint density at radius 2 is 1.91 bits per heavy atom. The van der Waals surface area contributed by atoms with Gasteiger partial charge in [-0.05, 0) is 42.3 Å². The number of carbonyl (C=O) groups excluding carboxylic acids is 1. The van der Waals surface area contributed by atoms with E-state index in [1.54, 1.807) is 24.3 Å². The molecule has 0 bridgehead atoms. The number of halogens is 2. The minimum Gasteiger partial charge on any atom is -0.355 e. The quantitative estimate of drug-likeness (QED) is 0.461. The van der Waals surface area contributed by atoms with E-state index in [-0.39, 0.29) is 23.1 Å². The third-order valence-electron chi connectivity index (χ3n) is 5.25. The lowest BCUT2D eigenvalue weighted by atomic mass is 10.0. The van der Waals surface area contributed by atoms with E-state index < -0.39 is 10.0 Å². The van der Waals surface area contributed by atoms with Crippen molar-refractivity contribution >= 4 is 50.2 Å². The van der Waals surface area contributed by atoms with Crippen molar-refractivity contribution in [1.29, 1.82) is 0 Å². The predicted molar refractivity (Wildman–Crippen MR) is 128 cm³/mol. The van der Waals surface area contributed by atoms with E-state index in [1.807, 2.05) is 18.4 Å². The summed E-state index contributed by atoms with van der Waals surface area (Å²) in [6.07, 6.45) is 1.54. The van der Waals surface area contributed by atoms with Crippen LogP contribution in [0.25, 0.3) is 11.0 Å². The van der Waals surface area contributed by atoms with Crippen LogP contribution in [0.4, 0.5) is 0 Å². The third kappa shape index (κ3) is 5.61. The maximum absolute atomic E-state index is 12.5. The van der Waals surface area contributed by atoms with Gasteiger partial charge in [0.05, 0.1) is 15.9 Å². The van der Waals surface area contributed by atoms with Gasteiger partial charge in [-0.1, -0.05) is 43.1 Å². The predicted octanol–water partition coefficient (Wildman–Crippen LogP) is 4.25. The lowest BCUT2D eigenvalue weighted by molar-refractivity contribution is -0.121. The zero-order valence-electron chi connectivity index (χ0n) is 17.9. The molecule has 3 aromatic rings. The molecule has 3 N–H and O–H groups in total. The second kappa shape index (κ2) is 10.2. The smallest absolute Gasteiger partial charge is 0.238 e. The summed E-state index contributed by atoms with van der Waals surface area (Å²) >= 11 is 12.5. The van der Waals surface area contributed by atoms with Gasteiger partial charge in [-0.2, -0.15) is 0 Å². The second-order valence-corrected chi connectivity index (χ2v) is 10.1. The molecule has 7 nitrogen and oxygen atoms in total. The number of sulfonamides is 1. The van der Waals surface area contributed by atoms with E-state index in [0.717, 1.165) is 23.3 Å². The standard InChI is InChI=1S/C22H26Cl2N4O3S/c1-3-11-28-19-8-7-15(32(25,30)31)12-18(19)27-20(28)9-10-21(29)26-13-14(2)22-16(23)5-4-6-17(22)24/h4-8,12,14H,3,9-11,13H2,1-2H3,(H,26,29)(H2,25,30,31). The van der Waals surface area contributed by atoms with Gasteiger partial charge >= 0.3 is 0 Å². The van der Waals surface area contributed by atoms with Crippen molar-refractivity contribution in [1.82, 2.24) is 14.9 Å². The molecule has 1 heterocycles. The highest BCUT2D eigenvalue weighted by Crippen LogP contribution is 2.31. The number of fused-ring (bicyclic) bond motifs is 1. The summed E-state index contributed by atoms with van der Waals surface area (Å²) in [5.74, 6) is 0.576. The minimum atomic E-state index is -3.81. The zero-order chi connectivity index (χ0) is 23.5. The van der Waals surface area contributed by atoms with Gasteiger partial charge < -0.3 is 9.88 Å². The van der Waals surface area contributed by atoms with E-state index in [2.05, 4.69) is 10.3 Å². The van der Waals surface area contributed by atoms with Crippen LogP contribution < -0.4 is 10.5 Å². The largest absolute Gasteiger partial charge is 0.355 e. The van der Waals surface area contributed by atoms with Crippen LogP contribution in [0.2, 0.25) is 10.0 Å². The van der Waals surface area contributed by atoms with Crippen LogP contribution in [-0.2, 0) is 27.8 Å². The van der Waals surface area contributed by atoms with Crippen LogP contribution in [0.5, 0.6) is 0 Å². The average Bonchev–Trinajstić information content (AvgIpc) is 3.07. The Morgan fingerprint density at radius 1 is 1.22 bits per heavy atom. The van der Waals surface area contributed by atoms with E-state index in [4.69, 9.17) is 28.3 Å². The maximum atomic E-state index is 12.5. The first-order valence-corrected chi connectivity index (χ1v) is 12.6. The van der Waals surface area contributed by atoms with Crippen LogP contribution in [0.3, 0.4) is 0 Å². The Morgan fingerprint density at radius 3 is 2.53 bits per heavy atom. The number of benzene rings is 2. The number of imidazole rings is 1. The van der Waals surface area contributed by atoms with Crippen molar-refractivity contribution in [3.63, 3.8) is 0 Å². The molecule has 0 saturated heterocycles. The van der Waals surface area contributed by atoms with Gasteiger partial charge in [0.25, 0.3) is 0 Å². The number of aryl methyl sites for hydroxylation is 2. The number of nitrogens with zero attached hydrogens (tertiary/aromatic N) is 2. The molecule has 1 atom stereocenters. The fourth-order valence-electron chi connectivity index (χ4n) is 3.66. The summed E-state index contributed by atoms with van der Waals surface area (Å²) in [5, 5.41) is 9.32. The number of nitrogens with one attached hydrogen (secondary N) is 1. The lowest BCUT2D eigenvalue weighted by Crippen LogP contribution is -2.28. The Balaban J connectivity index is 1.69. The molecular formula is C22H26Cl2N4O3S. The van der Waals surface area contributed by atoms with Crippen molar-refractivity contribution < 1.29 is 13.2 Å². The van der Waals surface area contributed by atoms with Crippen molar-refractivity contribution in [2.75, 3.05) is 6.54 Å². The first-order valence-electron chi connectivity index (χ1n) is 10.3. The zero-order valence-corrected chi connectivity index (χ0v) is 20.3. The highest BCUT2D eigenvalue weighted by Gasteiger charge is 2.17. The molecule has 172 valence electrons. The molecule has 3 rings (SSSR count). The number of nitrogens with two attached hydrogens (primary N) is 1. The van der Waals surface area contributed by atoms with Crippen LogP contribution >= 0.6 is 23.2 Å². The van der Waals surface area contributed by atoms with Crippen LogP contribution in [0.1, 0.15) is 44.0 Å². The fourth-order valence-corrected chi connectivity index (χ4v) is 4.97. The number of hydrogen-bond donors (Lipinski definition) is 2. The van der Waals surface area contributed by atoms with Gasteiger partial charge in [0.2, 0.25) is 15.9 Å². The summed E-state index contributed by atoms with van der Waals surface area (Å²) < 4.78 is 25.3. The van der Waals surface area contributed by atoms with Crippen LogP contribution in [-0.4, -0.2) is 30.4 Å². The highest BCUT2D eigenvalue weighted by molar-refractivity contribution is 7.89. The highest BCUT2D eigenvalue weighted by atomic mass is 35.5. The number of aromatic nitrogens is 2. The summed E-state index contributed by atoms with van der Waals surface area (Å²) in [6, 6.07) is 9.99. The Hall–Kier alpha value is -2.13. The second-order valence-electron chi connectivity index (χ2n) is 7.72. The molecular weight excluding hydrogens is 471 g/mol. The number of rotatable bonds is 9. The number of hydrogen-bond acceptors (Lipinski definition) is 4. The SMILES string of the molecule is CCCn1c(CCC(=O)NCC(C)c2c(Cl)cccc2Cl)nc2cc(S(N)(=O)=O)ccc21. The molecule has 1 aromatic heterocycles. The van der Waals surface area contributed by atoms with Gasteiger partial charge in [0.1, 0.15) is 5.82 Å². The van der Waals surface area contributed by atoms with Crippen molar-refractivity contribution in [2.45, 2.75) is 50.5 Å². The van der Waals surface area contributed by atoms with E-state index >= 15 is 0 Å². The van der Waals surface area contributed by atoms with Gasteiger partial charge in [0, 0.05) is 41.9 Å². The normalized spacial score (nSPS) is 12.8. The molecule has 0 saturated carbocycles. The molecule has 0 aliphatic heterocycles. The monoisotopic (exact) mass is 496 g/mol. The molecule has 0 fully saturated rings. The molecule has 1 amide bonds. The first kappa shape index (κ1) is 24.5. The summed E-state index contributed by atoms with van der Waals surface area (Å²) in [6.45, 7) is 5.12. The summed E-state index contributed by atoms with van der Waals surface area (Å²) in [5.41, 5.74) is 2.17. The molecule has 0 spiro atoms. The minimum absolute atomic E-state index is 0.0164. The molecule has 0 aliphatic rings. The van der Waals surface area contributed by atoms with Crippen molar-refractivity contribution in [3.05, 3.63) is 57.8 Å². The maximum Gasteiger partial charge on any atom is 0.238 e. The molecule has 2 aromatic carbocycles. The molecule has 0 aliphatic carbocycles. The average molecular weight is 497 g/mol. The van der Waals surface area contributed by atoms with Gasteiger partial charge in [-0.3, -0.25) is 4.79 Å². The van der Waals surface area contributed by atoms with Gasteiger partial charge in [-0.15, -0.1) is 0 Å². The number of carbonyl (C=O) groups is 1. The van der Waals surface area contributed by atoms with Gasteiger partial charge in [0.15, 0.2) is 0 Å². The summed E-state index contributed by atoms with van der Waals surface area (Å²) in [4.78, 5) is 17.1. The van der Waals surface area contributed by atoms with E-state index in [9.17, 15) is 13.2 Å². The Bertz CT molecular complexity index is 1220. The Labute approximate surface area is 198 Å². The van der Waals surface area contributed by atoms with E-state index in [0.29, 0.717) is 35.1 Å². The molecule has 0 radical (unpaired) electrons. The molecule has 10 heteroatoms. The summed E-state index contributed by atoms with van der Waals surface area (Å²) in [7, 11) is -3.81. The third-order valence-corrected chi connectivity index (χ3v) is 6.82. The topological polar surface area (TPSA) is 107 Å². The van der Waals surface area contributed by atoms with Crippen LogP contribution in [0, 0.1) is 0 Å². The van der Waals surface area contributed by atoms with Crippen molar-refractivity contribution in [3.8, 4) is 0 Å². The molecule has 1 unspecified atom stereocenters. The number of amides is 1. The molecule has 32 heavy (non-hydrogen) atoms. The van der Waals surface area contributed by atoms with Crippen molar-refractivity contribution in [2.24, 2.45) is 5.14 Å². The lowest BCUT2D eigenvalue weighted by Gasteiger charge is -2.16. The Kier molecular flexibility index (Phi) is 7.82.